The van der Waals surface area contributed by atoms with Crippen LogP contribution in [0.4, 0.5) is 0 Å². The van der Waals surface area contributed by atoms with Gasteiger partial charge in [-0.1, -0.05) is 12.1 Å². The molecule has 0 aliphatic carbocycles. The molecular formula is C12H15N3O3S2. The maximum absolute atomic E-state index is 12.3. The second kappa shape index (κ2) is 5.86. The van der Waals surface area contributed by atoms with Crippen LogP contribution in [0.5, 0.6) is 0 Å². The molecule has 1 heterocycles. The third-order valence-electron chi connectivity index (χ3n) is 2.81. The van der Waals surface area contributed by atoms with E-state index in [2.05, 4.69) is 9.71 Å². The Hall–Kier alpha value is -1.51. The molecule has 0 unspecified atom stereocenters. The first-order chi connectivity index (χ1) is 9.38. The monoisotopic (exact) mass is 313 g/mol. The fraction of sp³-hybridized carbons (Fsp3) is 0.333. The smallest absolute Gasteiger partial charge is 0.262 e. The third kappa shape index (κ3) is 3.53. The molecule has 0 amide bonds. The summed E-state index contributed by atoms with van der Waals surface area (Å²) in [6.07, 6.45) is 1.59. The van der Waals surface area contributed by atoms with E-state index < -0.39 is 10.0 Å². The summed E-state index contributed by atoms with van der Waals surface area (Å²) in [6.45, 7) is 0.633. The Morgan fingerprint density at radius 3 is 2.75 bits per heavy atom. The highest BCUT2D eigenvalue weighted by Crippen LogP contribution is 2.06. The highest BCUT2D eigenvalue weighted by atomic mass is 32.2. The lowest BCUT2D eigenvalue weighted by Crippen LogP contribution is -2.27. The molecule has 0 bridgehead atoms. The van der Waals surface area contributed by atoms with E-state index in [1.54, 1.807) is 18.2 Å². The highest BCUT2D eigenvalue weighted by molar-refractivity contribution is 7.88. The van der Waals surface area contributed by atoms with E-state index in [0.717, 1.165) is 6.26 Å². The molecule has 2 aromatic rings. The zero-order valence-corrected chi connectivity index (χ0v) is 12.6. The molecule has 0 aliphatic heterocycles. The standard InChI is InChI=1S/C12H15N3O3S2/c1-20(17,18)13-7-4-8-15-11(16)9-5-2-3-6-10(9)14-12(15)19/h2-3,5-6,13H,4,7-8H2,1H3,(H,14,19). The molecule has 0 saturated carbocycles. The van der Waals surface area contributed by atoms with E-state index >= 15 is 0 Å². The van der Waals surface area contributed by atoms with Crippen molar-refractivity contribution in [3.05, 3.63) is 39.4 Å². The summed E-state index contributed by atoms with van der Waals surface area (Å²) < 4.78 is 26.1. The van der Waals surface area contributed by atoms with Gasteiger partial charge >= 0.3 is 0 Å². The number of H-pyrrole nitrogens is 1. The van der Waals surface area contributed by atoms with Gasteiger partial charge in [0.2, 0.25) is 10.0 Å². The number of hydrogen-bond donors (Lipinski definition) is 2. The van der Waals surface area contributed by atoms with Crippen LogP contribution in [0.3, 0.4) is 0 Å². The molecule has 0 aliphatic rings. The van der Waals surface area contributed by atoms with Gasteiger partial charge in [-0.25, -0.2) is 13.1 Å². The quantitative estimate of drug-likeness (QED) is 0.637. The number of nitrogens with zero attached hydrogens (tertiary/aromatic N) is 1. The van der Waals surface area contributed by atoms with Gasteiger partial charge in [0, 0.05) is 13.1 Å². The van der Waals surface area contributed by atoms with E-state index in [9.17, 15) is 13.2 Å². The van der Waals surface area contributed by atoms with Crippen molar-refractivity contribution in [1.29, 1.82) is 0 Å². The number of rotatable bonds is 5. The lowest BCUT2D eigenvalue weighted by molar-refractivity contribution is 0.568. The zero-order valence-electron chi connectivity index (χ0n) is 10.9. The third-order valence-corrected chi connectivity index (χ3v) is 3.86. The fourth-order valence-electron chi connectivity index (χ4n) is 1.90. The molecule has 108 valence electrons. The minimum atomic E-state index is -3.20. The van der Waals surface area contributed by atoms with Crippen molar-refractivity contribution in [2.45, 2.75) is 13.0 Å². The summed E-state index contributed by atoms with van der Waals surface area (Å²) >= 11 is 5.16. The highest BCUT2D eigenvalue weighted by Gasteiger charge is 2.05. The van der Waals surface area contributed by atoms with Crippen LogP contribution in [-0.4, -0.2) is 30.8 Å². The summed E-state index contributed by atoms with van der Waals surface area (Å²) in [5.74, 6) is 0. The van der Waals surface area contributed by atoms with E-state index in [1.165, 1.54) is 4.57 Å². The lowest BCUT2D eigenvalue weighted by atomic mass is 10.2. The SMILES string of the molecule is CS(=O)(=O)NCCCn1c(=S)[nH]c2ccccc2c1=O. The minimum Gasteiger partial charge on any atom is -0.332 e. The average Bonchev–Trinajstić information content (AvgIpc) is 2.36. The summed E-state index contributed by atoms with van der Waals surface area (Å²) in [4.78, 5) is 15.3. The van der Waals surface area contributed by atoms with Crippen molar-refractivity contribution in [3.8, 4) is 0 Å². The van der Waals surface area contributed by atoms with Crippen LogP contribution in [0, 0.1) is 4.77 Å². The number of fused-ring (bicyclic) bond motifs is 1. The topological polar surface area (TPSA) is 84.0 Å². The second-order valence-corrected chi connectivity index (χ2v) is 6.67. The van der Waals surface area contributed by atoms with Crippen molar-refractivity contribution >= 4 is 33.1 Å². The van der Waals surface area contributed by atoms with Crippen LogP contribution in [-0.2, 0) is 16.6 Å². The van der Waals surface area contributed by atoms with Gasteiger partial charge < -0.3 is 4.98 Å². The number of sulfonamides is 1. The predicted molar refractivity (Wildman–Crippen MR) is 80.9 cm³/mol. The molecule has 0 atom stereocenters. The van der Waals surface area contributed by atoms with Gasteiger partial charge in [0.05, 0.1) is 17.2 Å². The van der Waals surface area contributed by atoms with E-state index in [0.29, 0.717) is 28.6 Å². The number of nitrogens with one attached hydrogen (secondary N) is 2. The average molecular weight is 313 g/mol. The van der Waals surface area contributed by atoms with Gasteiger partial charge in [-0.15, -0.1) is 0 Å². The predicted octanol–water partition coefficient (Wildman–Crippen LogP) is 0.998. The molecule has 1 aromatic heterocycles. The molecule has 1 aromatic carbocycles. The van der Waals surface area contributed by atoms with E-state index in [1.807, 2.05) is 6.07 Å². The Bertz CT molecular complexity index is 837. The van der Waals surface area contributed by atoms with Crippen molar-refractivity contribution in [3.63, 3.8) is 0 Å². The van der Waals surface area contributed by atoms with E-state index in [4.69, 9.17) is 12.2 Å². The molecule has 0 fully saturated rings. The normalized spacial score (nSPS) is 11.8. The summed E-state index contributed by atoms with van der Waals surface area (Å²) in [7, 11) is -3.20. The summed E-state index contributed by atoms with van der Waals surface area (Å²) in [5.41, 5.74) is 0.539. The molecule has 20 heavy (non-hydrogen) atoms. The Balaban J connectivity index is 2.23. The van der Waals surface area contributed by atoms with Crippen LogP contribution < -0.4 is 10.3 Å². The van der Waals surface area contributed by atoms with Gasteiger partial charge in [0.15, 0.2) is 4.77 Å². The Labute approximate surface area is 121 Å². The number of hydrogen-bond acceptors (Lipinski definition) is 4. The molecule has 0 saturated heterocycles. The van der Waals surface area contributed by atoms with Crippen molar-refractivity contribution in [2.24, 2.45) is 0 Å². The van der Waals surface area contributed by atoms with Gasteiger partial charge in [0.1, 0.15) is 0 Å². The number of aromatic nitrogens is 2. The van der Waals surface area contributed by atoms with Crippen LogP contribution >= 0.6 is 12.2 Å². The van der Waals surface area contributed by atoms with E-state index in [-0.39, 0.29) is 12.1 Å². The molecule has 6 nitrogen and oxygen atoms in total. The van der Waals surface area contributed by atoms with Crippen LogP contribution in [0.25, 0.3) is 10.9 Å². The largest absolute Gasteiger partial charge is 0.332 e. The first kappa shape index (κ1) is 14.9. The molecule has 8 heteroatoms. The van der Waals surface area contributed by atoms with Gasteiger partial charge in [-0.3, -0.25) is 9.36 Å². The molecule has 2 N–H and O–H groups in total. The van der Waals surface area contributed by atoms with Crippen molar-refractivity contribution < 1.29 is 8.42 Å². The first-order valence-corrected chi connectivity index (χ1v) is 8.35. The maximum Gasteiger partial charge on any atom is 0.262 e. The van der Waals surface area contributed by atoms with Crippen LogP contribution in [0.2, 0.25) is 0 Å². The van der Waals surface area contributed by atoms with Gasteiger partial charge in [-0.05, 0) is 30.8 Å². The van der Waals surface area contributed by atoms with Gasteiger partial charge in [-0.2, -0.15) is 0 Å². The van der Waals surface area contributed by atoms with Crippen molar-refractivity contribution in [1.82, 2.24) is 14.3 Å². The molecule has 0 radical (unpaired) electrons. The number of para-hydroxylation sites is 1. The fourth-order valence-corrected chi connectivity index (χ4v) is 2.70. The Morgan fingerprint density at radius 2 is 2.05 bits per heavy atom. The Morgan fingerprint density at radius 1 is 1.35 bits per heavy atom. The Kier molecular flexibility index (Phi) is 4.36. The summed E-state index contributed by atoms with van der Waals surface area (Å²) in [6, 6.07) is 7.14. The number of benzene rings is 1. The summed E-state index contributed by atoms with van der Waals surface area (Å²) in [5, 5.41) is 0.567. The van der Waals surface area contributed by atoms with Crippen molar-refractivity contribution in [2.75, 3.05) is 12.8 Å². The van der Waals surface area contributed by atoms with Crippen LogP contribution in [0.1, 0.15) is 6.42 Å². The van der Waals surface area contributed by atoms with Gasteiger partial charge in [0.25, 0.3) is 5.56 Å². The second-order valence-electron chi connectivity index (χ2n) is 4.45. The molecule has 0 spiro atoms. The minimum absolute atomic E-state index is 0.163. The molecular weight excluding hydrogens is 298 g/mol. The molecule has 2 rings (SSSR count). The maximum atomic E-state index is 12.3. The van der Waals surface area contributed by atoms with Crippen LogP contribution in [0.15, 0.2) is 29.1 Å². The lowest BCUT2D eigenvalue weighted by Gasteiger charge is -2.08. The number of aromatic amines is 1. The first-order valence-electron chi connectivity index (χ1n) is 6.05. The zero-order chi connectivity index (χ0) is 14.8.